The van der Waals surface area contributed by atoms with E-state index in [-0.39, 0.29) is 35.4 Å². The van der Waals surface area contributed by atoms with Crippen LogP contribution in [0.5, 0.6) is 0 Å². The van der Waals surface area contributed by atoms with E-state index in [1.807, 2.05) is 35.2 Å². The average molecular weight is 438 g/mol. The molecular formula is C25H28FN3O3. The number of nitrogens with zero attached hydrogens (tertiary/aromatic N) is 2. The van der Waals surface area contributed by atoms with Crippen molar-refractivity contribution in [1.29, 1.82) is 0 Å². The molecule has 4 rings (SSSR count). The second kappa shape index (κ2) is 9.94. The number of hydrogen-bond acceptors (Lipinski definition) is 3. The fourth-order valence-electron chi connectivity index (χ4n) is 4.52. The van der Waals surface area contributed by atoms with Gasteiger partial charge in [0.15, 0.2) is 0 Å². The van der Waals surface area contributed by atoms with Gasteiger partial charge in [-0.15, -0.1) is 0 Å². The largest absolute Gasteiger partial charge is 0.342 e. The molecule has 2 heterocycles. The molecule has 3 amide bonds. The van der Waals surface area contributed by atoms with Crippen LogP contribution in [0.25, 0.3) is 0 Å². The highest BCUT2D eigenvalue weighted by Crippen LogP contribution is 2.25. The van der Waals surface area contributed by atoms with E-state index in [9.17, 15) is 18.8 Å². The van der Waals surface area contributed by atoms with Crippen molar-refractivity contribution in [3.63, 3.8) is 0 Å². The van der Waals surface area contributed by atoms with Gasteiger partial charge in [-0.05, 0) is 62.1 Å². The molecule has 2 aliphatic rings. The van der Waals surface area contributed by atoms with Gasteiger partial charge in [0, 0.05) is 43.3 Å². The van der Waals surface area contributed by atoms with Crippen LogP contribution in [-0.4, -0.2) is 53.7 Å². The summed E-state index contributed by atoms with van der Waals surface area (Å²) < 4.78 is 13.1. The SMILES string of the molecule is O=C(Nc1ccccc1)C1CCCN(C(=O)C2CCN(C(=O)c3ccc(F)cc3)CC2)C1. The van der Waals surface area contributed by atoms with E-state index in [0.717, 1.165) is 18.5 Å². The summed E-state index contributed by atoms with van der Waals surface area (Å²) in [6.45, 7) is 2.10. The Kier molecular flexibility index (Phi) is 6.83. The van der Waals surface area contributed by atoms with Crippen LogP contribution < -0.4 is 5.32 Å². The van der Waals surface area contributed by atoms with Gasteiger partial charge in [0.1, 0.15) is 5.82 Å². The van der Waals surface area contributed by atoms with Crippen molar-refractivity contribution in [2.45, 2.75) is 25.7 Å². The number of likely N-dealkylation sites (tertiary alicyclic amines) is 2. The summed E-state index contributed by atoms with van der Waals surface area (Å²) >= 11 is 0. The van der Waals surface area contributed by atoms with Crippen LogP contribution in [0.4, 0.5) is 10.1 Å². The standard InChI is InChI=1S/C25H28FN3O3/c26-21-10-8-18(9-11-21)24(31)28-15-12-19(13-16-28)25(32)29-14-4-5-20(17-29)23(30)27-22-6-2-1-3-7-22/h1-3,6-11,19-20H,4-5,12-17H2,(H,27,30). The lowest BCUT2D eigenvalue weighted by atomic mass is 9.91. The summed E-state index contributed by atoms with van der Waals surface area (Å²) in [4.78, 5) is 41.9. The van der Waals surface area contributed by atoms with Crippen LogP contribution in [0.1, 0.15) is 36.0 Å². The molecule has 2 aromatic rings. The number of piperidine rings is 2. The van der Waals surface area contributed by atoms with Crippen molar-refractivity contribution >= 4 is 23.4 Å². The van der Waals surface area contributed by atoms with E-state index in [4.69, 9.17) is 0 Å². The molecule has 1 atom stereocenters. The summed E-state index contributed by atoms with van der Waals surface area (Å²) in [6, 6.07) is 14.9. The van der Waals surface area contributed by atoms with Gasteiger partial charge in [-0.1, -0.05) is 18.2 Å². The fraction of sp³-hybridized carbons (Fsp3) is 0.400. The van der Waals surface area contributed by atoms with Crippen molar-refractivity contribution in [2.75, 3.05) is 31.5 Å². The van der Waals surface area contributed by atoms with Gasteiger partial charge in [0.05, 0.1) is 5.92 Å². The number of nitrogens with one attached hydrogen (secondary N) is 1. The molecule has 2 aliphatic heterocycles. The minimum atomic E-state index is -0.372. The zero-order valence-corrected chi connectivity index (χ0v) is 18.0. The molecule has 2 saturated heterocycles. The third-order valence-electron chi connectivity index (χ3n) is 6.37. The quantitative estimate of drug-likeness (QED) is 0.795. The number of para-hydroxylation sites is 1. The number of carbonyl (C=O) groups is 3. The molecule has 2 aromatic carbocycles. The summed E-state index contributed by atoms with van der Waals surface area (Å²) in [5, 5.41) is 2.94. The topological polar surface area (TPSA) is 69.7 Å². The van der Waals surface area contributed by atoms with Gasteiger partial charge >= 0.3 is 0 Å². The lowest BCUT2D eigenvalue weighted by Gasteiger charge is -2.37. The van der Waals surface area contributed by atoms with Crippen molar-refractivity contribution in [1.82, 2.24) is 9.80 Å². The van der Waals surface area contributed by atoms with Gasteiger partial charge in [-0.2, -0.15) is 0 Å². The van der Waals surface area contributed by atoms with E-state index >= 15 is 0 Å². The predicted molar refractivity (Wildman–Crippen MR) is 119 cm³/mol. The van der Waals surface area contributed by atoms with E-state index in [2.05, 4.69) is 5.32 Å². The number of anilines is 1. The van der Waals surface area contributed by atoms with E-state index < -0.39 is 0 Å². The maximum atomic E-state index is 13.1. The number of benzene rings is 2. The first kappa shape index (κ1) is 22.0. The minimum absolute atomic E-state index is 0.0478. The highest BCUT2D eigenvalue weighted by atomic mass is 19.1. The Bertz CT molecular complexity index is 956. The molecule has 2 fully saturated rings. The second-order valence-corrected chi connectivity index (χ2v) is 8.55. The number of rotatable bonds is 4. The predicted octanol–water partition coefficient (Wildman–Crippen LogP) is 3.56. The Morgan fingerprint density at radius 2 is 1.50 bits per heavy atom. The minimum Gasteiger partial charge on any atom is -0.342 e. The zero-order chi connectivity index (χ0) is 22.5. The third-order valence-corrected chi connectivity index (χ3v) is 6.37. The molecule has 32 heavy (non-hydrogen) atoms. The molecule has 1 N–H and O–H groups in total. The molecular weight excluding hydrogens is 409 g/mol. The number of amides is 3. The number of carbonyl (C=O) groups excluding carboxylic acids is 3. The molecule has 0 radical (unpaired) electrons. The van der Waals surface area contributed by atoms with Crippen molar-refractivity contribution < 1.29 is 18.8 Å². The molecule has 0 saturated carbocycles. The average Bonchev–Trinajstić information content (AvgIpc) is 2.84. The molecule has 6 nitrogen and oxygen atoms in total. The molecule has 168 valence electrons. The molecule has 7 heteroatoms. The van der Waals surface area contributed by atoms with Gasteiger partial charge in [-0.25, -0.2) is 4.39 Å². The van der Waals surface area contributed by atoms with E-state index in [0.29, 0.717) is 44.6 Å². The summed E-state index contributed by atoms with van der Waals surface area (Å²) in [5.41, 5.74) is 1.22. The van der Waals surface area contributed by atoms with Gasteiger partial charge in [0.25, 0.3) is 5.91 Å². The number of halogens is 1. The van der Waals surface area contributed by atoms with Gasteiger partial charge in [0.2, 0.25) is 11.8 Å². The van der Waals surface area contributed by atoms with Crippen LogP contribution in [0, 0.1) is 17.7 Å². The van der Waals surface area contributed by atoms with Crippen LogP contribution in [0.3, 0.4) is 0 Å². The Labute approximate surface area is 187 Å². The molecule has 0 aliphatic carbocycles. The normalized spacial score (nSPS) is 19.5. The first-order valence-corrected chi connectivity index (χ1v) is 11.2. The van der Waals surface area contributed by atoms with Gasteiger partial charge in [-0.3, -0.25) is 14.4 Å². The summed E-state index contributed by atoms with van der Waals surface area (Å²) in [7, 11) is 0. The summed E-state index contributed by atoms with van der Waals surface area (Å²) in [6.07, 6.45) is 2.78. The molecule has 0 spiro atoms. The Morgan fingerprint density at radius 3 is 2.19 bits per heavy atom. The zero-order valence-electron chi connectivity index (χ0n) is 18.0. The fourth-order valence-corrected chi connectivity index (χ4v) is 4.52. The molecule has 0 aromatic heterocycles. The van der Waals surface area contributed by atoms with Crippen molar-refractivity contribution in [3.05, 3.63) is 66.0 Å². The van der Waals surface area contributed by atoms with Crippen LogP contribution in [-0.2, 0) is 9.59 Å². The first-order valence-electron chi connectivity index (χ1n) is 11.2. The van der Waals surface area contributed by atoms with Crippen LogP contribution in [0.15, 0.2) is 54.6 Å². The summed E-state index contributed by atoms with van der Waals surface area (Å²) in [5.74, 6) is -0.824. The van der Waals surface area contributed by atoms with E-state index in [1.165, 1.54) is 24.3 Å². The maximum absolute atomic E-state index is 13.1. The highest BCUT2D eigenvalue weighted by molar-refractivity contribution is 5.94. The first-order chi connectivity index (χ1) is 15.5. The third kappa shape index (κ3) is 5.15. The second-order valence-electron chi connectivity index (χ2n) is 8.55. The Morgan fingerprint density at radius 1 is 0.812 bits per heavy atom. The molecule has 1 unspecified atom stereocenters. The monoisotopic (exact) mass is 437 g/mol. The van der Waals surface area contributed by atoms with Gasteiger partial charge < -0.3 is 15.1 Å². The van der Waals surface area contributed by atoms with Crippen molar-refractivity contribution in [2.24, 2.45) is 11.8 Å². The maximum Gasteiger partial charge on any atom is 0.253 e. The number of hydrogen-bond donors (Lipinski definition) is 1. The molecule has 0 bridgehead atoms. The lowest BCUT2D eigenvalue weighted by Crippen LogP contribution is -2.48. The van der Waals surface area contributed by atoms with E-state index in [1.54, 1.807) is 4.90 Å². The smallest absolute Gasteiger partial charge is 0.253 e. The Hall–Kier alpha value is -3.22. The lowest BCUT2D eigenvalue weighted by molar-refractivity contribution is -0.139. The van der Waals surface area contributed by atoms with Crippen LogP contribution >= 0.6 is 0 Å². The van der Waals surface area contributed by atoms with Crippen molar-refractivity contribution in [3.8, 4) is 0 Å². The Balaban J connectivity index is 1.29. The van der Waals surface area contributed by atoms with Crippen LogP contribution in [0.2, 0.25) is 0 Å². The highest BCUT2D eigenvalue weighted by Gasteiger charge is 2.34.